The van der Waals surface area contributed by atoms with E-state index in [4.69, 9.17) is 10.5 Å². The minimum Gasteiger partial charge on any atom is -0.489 e. The molecule has 3 N–H and O–H groups in total. The number of amides is 1. The van der Waals surface area contributed by atoms with Gasteiger partial charge in [0.05, 0.1) is 12.6 Å². The fraction of sp³-hybridized carbons (Fsp3) is 0.500. The summed E-state index contributed by atoms with van der Waals surface area (Å²) >= 11 is 1.66. The van der Waals surface area contributed by atoms with Gasteiger partial charge in [0, 0.05) is 0 Å². The van der Waals surface area contributed by atoms with Crippen LogP contribution >= 0.6 is 11.8 Å². The zero-order valence-electron chi connectivity index (χ0n) is 11.8. The van der Waals surface area contributed by atoms with Crippen molar-refractivity contribution in [1.29, 1.82) is 0 Å². The number of halogens is 1. The maximum absolute atomic E-state index is 12.7. The van der Waals surface area contributed by atoms with Crippen molar-refractivity contribution >= 4 is 17.7 Å². The Morgan fingerprint density at radius 3 is 2.70 bits per heavy atom. The highest BCUT2D eigenvalue weighted by Crippen LogP contribution is 2.12. The molecule has 0 bridgehead atoms. The molecule has 0 heterocycles. The first-order chi connectivity index (χ1) is 9.52. The number of rotatable bonds is 8. The van der Waals surface area contributed by atoms with Gasteiger partial charge in [0.1, 0.15) is 17.7 Å². The molecule has 0 spiro atoms. The van der Waals surface area contributed by atoms with Gasteiger partial charge in [-0.2, -0.15) is 11.8 Å². The summed E-state index contributed by atoms with van der Waals surface area (Å²) in [5.41, 5.74) is 5.75. The van der Waals surface area contributed by atoms with E-state index in [2.05, 4.69) is 5.32 Å². The molecule has 0 fully saturated rings. The monoisotopic (exact) mass is 300 g/mol. The molecule has 20 heavy (non-hydrogen) atoms. The van der Waals surface area contributed by atoms with E-state index in [1.165, 1.54) is 12.1 Å². The molecule has 1 aromatic carbocycles. The fourth-order valence-corrected chi connectivity index (χ4v) is 2.03. The molecular formula is C14H21FN2O2S. The molecule has 4 nitrogen and oxygen atoms in total. The van der Waals surface area contributed by atoms with Crippen LogP contribution in [-0.4, -0.2) is 36.6 Å². The van der Waals surface area contributed by atoms with Gasteiger partial charge in [-0.05, 0) is 49.6 Å². The van der Waals surface area contributed by atoms with Crippen LogP contribution in [0.15, 0.2) is 24.3 Å². The Kier molecular flexibility index (Phi) is 7.40. The second-order valence-electron chi connectivity index (χ2n) is 4.52. The number of carbonyl (C=O) groups excluding carboxylic acids is 1. The van der Waals surface area contributed by atoms with E-state index >= 15 is 0 Å². The van der Waals surface area contributed by atoms with Crippen LogP contribution in [0.4, 0.5) is 4.39 Å². The SMILES string of the molecule is CSCC[C@H](N)C(=O)NCC(C)Oc1ccc(F)cc1. The maximum atomic E-state index is 12.7. The molecule has 112 valence electrons. The third-order valence-electron chi connectivity index (χ3n) is 2.68. The summed E-state index contributed by atoms with van der Waals surface area (Å²) in [4.78, 5) is 11.7. The predicted molar refractivity (Wildman–Crippen MR) is 80.5 cm³/mol. The van der Waals surface area contributed by atoms with Crippen molar-refractivity contribution in [3.05, 3.63) is 30.1 Å². The van der Waals surface area contributed by atoms with Crippen molar-refractivity contribution in [3.8, 4) is 5.75 Å². The van der Waals surface area contributed by atoms with Gasteiger partial charge in [-0.1, -0.05) is 0 Å². The van der Waals surface area contributed by atoms with E-state index in [1.807, 2.05) is 13.2 Å². The van der Waals surface area contributed by atoms with Crippen molar-refractivity contribution < 1.29 is 13.9 Å². The van der Waals surface area contributed by atoms with Crippen molar-refractivity contribution in [1.82, 2.24) is 5.32 Å². The zero-order valence-corrected chi connectivity index (χ0v) is 12.6. The average molecular weight is 300 g/mol. The van der Waals surface area contributed by atoms with Gasteiger partial charge in [-0.25, -0.2) is 4.39 Å². The Bertz CT molecular complexity index is 414. The number of ether oxygens (including phenoxy) is 1. The molecule has 1 rings (SSSR count). The third-order valence-corrected chi connectivity index (χ3v) is 3.33. The Labute approximate surface area is 123 Å². The molecule has 6 heteroatoms. The van der Waals surface area contributed by atoms with Crippen molar-refractivity contribution in [2.75, 3.05) is 18.6 Å². The molecule has 1 aromatic rings. The molecular weight excluding hydrogens is 279 g/mol. The highest BCUT2D eigenvalue weighted by molar-refractivity contribution is 7.98. The van der Waals surface area contributed by atoms with Crippen LogP contribution in [-0.2, 0) is 4.79 Å². The van der Waals surface area contributed by atoms with Crippen LogP contribution in [0.2, 0.25) is 0 Å². The second-order valence-corrected chi connectivity index (χ2v) is 5.50. The lowest BCUT2D eigenvalue weighted by molar-refractivity contribution is -0.122. The standard InChI is InChI=1S/C14H21FN2O2S/c1-10(19-12-5-3-11(15)4-6-12)9-17-14(18)13(16)7-8-20-2/h3-6,10,13H,7-9,16H2,1-2H3,(H,17,18)/t10?,13-/m0/s1. The summed E-state index contributed by atoms with van der Waals surface area (Å²) in [5.74, 6) is 0.947. The first-order valence-corrected chi connectivity index (χ1v) is 7.86. The summed E-state index contributed by atoms with van der Waals surface area (Å²) in [6, 6.07) is 5.29. The number of hydrogen-bond acceptors (Lipinski definition) is 4. The van der Waals surface area contributed by atoms with Crippen molar-refractivity contribution in [2.45, 2.75) is 25.5 Å². The van der Waals surface area contributed by atoms with Crippen LogP contribution in [0.25, 0.3) is 0 Å². The van der Waals surface area contributed by atoms with Crippen LogP contribution in [0.3, 0.4) is 0 Å². The van der Waals surface area contributed by atoms with Crippen molar-refractivity contribution in [2.24, 2.45) is 5.73 Å². The molecule has 0 aliphatic heterocycles. The lowest BCUT2D eigenvalue weighted by Crippen LogP contribution is -2.44. The lowest BCUT2D eigenvalue weighted by atomic mass is 10.2. The average Bonchev–Trinajstić information content (AvgIpc) is 2.44. The van der Waals surface area contributed by atoms with Crippen LogP contribution < -0.4 is 15.8 Å². The van der Waals surface area contributed by atoms with Gasteiger partial charge in [0.25, 0.3) is 0 Å². The highest BCUT2D eigenvalue weighted by atomic mass is 32.2. The number of thioether (sulfide) groups is 1. The Morgan fingerprint density at radius 1 is 1.45 bits per heavy atom. The first-order valence-electron chi connectivity index (χ1n) is 6.47. The van der Waals surface area contributed by atoms with Gasteiger partial charge in [0.15, 0.2) is 0 Å². The molecule has 2 atom stereocenters. The number of benzene rings is 1. The van der Waals surface area contributed by atoms with Gasteiger partial charge in [-0.3, -0.25) is 4.79 Å². The summed E-state index contributed by atoms with van der Waals surface area (Å²) in [5, 5.41) is 2.75. The summed E-state index contributed by atoms with van der Waals surface area (Å²) in [6.07, 6.45) is 2.42. The number of nitrogens with one attached hydrogen (secondary N) is 1. The molecule has 0 saturated heterocycles. The fourth-order valence-electron chi connectivity index (χ4n) is 1.54. The summed E-state index contributed by atoms with van der Waals surface area (Å²) < 4.78 is 18.3. The lowest BCUT2D eigenvalue weighted by Gasteiger charge is -2.17. The zero-order chi connectivity index (χ0) is 15.0. The quantitative estimate of drug-likeness (QED) is 0.768. The van der Waals surface area contributed by atoms with E-state index in [-0.39, 0.29) is 17.8 Å². The van der Waals surface area contributed by atoms with E-state index in [1.54, 1.807) is 23.9 Å². The smallest absolute Gasteiger partial charge is 0.237 e. The maximum Gasteiger partial charge on any atom is 0.237 e. The van der Waals surface area contributed by atoms with Crippen LogP contribution in [0.1, 0.15) is 13.3 Å². The molecule has 0 saturated carbocycles. The number of hydrogen-bond donors (Lipinski definition) is 2. The topological polar surface area (TPSA) is 64.4 Å². The second kappa shape index (κ2) is 8.81. The van der Waals surface area contributed by atoms with Crippen LogP contribution in [0, 0.1) is 5.82 Å². The van der Waals surface area contributed by atoms with Gasteiger partial charge >= 0.3 is 0 Å². The van der Waals surface area contributed by atoms with Gasteiger partial charge in [-0.15, -0.1) is 0 Å². The molecule has 1 amide bonds. The number of nitrogens with two attached hydrogens (primary N) is 1. The predicted octanol–water partition coefficient (Wildman–Crippen LogP) is 1.79. The van der Waals surface area contributed by atoms with E-state index in [0.717, 1.165) is 5.75 Å². The molecule has 0 radical (unpaired) electrons. The van der Waals surface area contributed by atoms with E-state index in [0.29, 0.717) is 18.7 Å². The Balaban J connectivity index is 2.30. The largest absolute Gasteiger partial charge is 0.489 e. The summed E-state index contributed by atoms with van der Waals surface area (Å²) in [7, 11) is 0. The third kappa shape index (κ3) is 6.25. The Hall–Kier alpha value is -1.27. The molecule has 0 aromatic heterocycles. The van der Waals surface area contributed by atoms with Crippen LogP contribution in [0.5, 0.6) is 5.75 Å². The Morgan fingerprint density at radius 2 is 2.10 bits per heavy atom. The minimum atomic E-state index is -0.486. The highest BCUT2D eigenvalue weighted by Gasteiger charge is 2.14. The molecule has 0 aliphatic rings. The molecule has 0 aliphatic carbocycles. The van der Waals surface area contributed by atoms with E-state index in [9.17, 15) is 9.18 Å². The minimum absolute atomic E-state index is 0.173. The van der Waals surface area contributed by atoms with E-state index < -0.39 is 6.04 Å². The van der Waals surface area contributed by atoms with Crippen molar-refractivity contribution in [3.63, 3.8) is 0 Å². The van der Waals surface area contributed by atoms with Gasteiger partial charge < -0.3 is 15.8 Å². The first kappa shape index (κ1) is 16.8. The van der Waals surface area contributed by atoms with Gasteiger partial charge in [0.2, 0.25) is 5.91 Å². The summed E-state index contributed by atoms with van der Waals surface area (Å²) in [6.45, 7) is 2.19. The molecule has 1 unspecified atom stereocenters. The number of carbonyl (C=O) groups is 1. The normalized spacial score (nSPS) is 13.6.